The second kappa shape index (κ2) is 5.92. The van der Waals surface area contributed by atoms with Crippen molar-refractivity contribution in [2.45, 2.75) is 12.3 Å². The molecule has 0 spiro atoms. The second-order valence-corrected chi connectivity index (χ2v) is 4.20. The molecule has 1 aliphatic heterocycles. The van der Waals surface area contributed by atoms with E-state index in [9.17, 15) is 0 Å². The smallest absolute Gasteiger partial charge is 0.0314 e. The molecule has 1 aliphatic rings. The van der Waals surface area contributed by atoms with Gasteiger partial charge in [0.25, 0.3) is 0 Å². The lowest BCUT2D eigenvalue weighted by atomic mass is 9.98. The van der Waals surface area contributed by atoms with Crippen LogP contribution < -0.4 is 5.73 Å². The molecule has 2 nitrogen and oxygen atoms in total. The molecule has 1 heterocycles. The minimum Gasteiger partial charge on any atom is -0.399 e. The van der Waals surface area contributed by atoms with Crippen molar-refractivity contribution in [3.05, 3.63) is 42.5 Å². The maximum Gasteiger partial charge on any atom is 0.0314 e. The Morgan fingerprint density at radius 1 is 1.38 bits per heavy atom. The molecule has 1 aromatic rings. The Balaban J connectivity index is 0.00000128. The van der Waals surface area contributed by atoms with Crippen LogP contribution in [0.15, 0.2) is 36.9 Å². The lowest BCUT2D eigenvalue weighted by Gasteiger charge is -2.13. The van der Waals surface area contributed by atoms with E-state index in [1.54, 1.807) is 0 Å². The summed E-state index contributed by atoms with van der Waals surface area (Å²) in [7, 11) is 0. The number of likely N-dealkylation sites (tertiary alicyclic amines) is 1. The van der Waals surface area contributed by atoms with Gasteiger partial charge in [-0.3, -0.25) is 4.90 Å². The number of benzene rings is 1. The summed E-state index contributed by atoms with van der Waals surface area (Å²) in [5.74, 6) is 0.672. The fourth-order valence-electron chi connectivity index (χ4n) is 2.22. The highest BCUT2D eigenvalue weighted by Crippen LogP contribution is 2.27. The van der Waals surface area contributed by atoms with Gasteiger partial charge in [-0.25, -0.2) is 0 Å². The minimum absolute atomic E-state index is 0. The quantitative estimate of drug-likeness (QED) is 0.648. The summed E-state index contributed by atoms with van der Waals surface area (Å²) in [6.45, 7) is 7.11. The highest BCUT2D eigenvalue weighted by molar-refractivity contribution is 5.85. The molecule has 1 aromatic carbocycles. The average Bonchev–Trinajstić information content (AvgIpc) is 2.68. The van der Waals surface area contributed by atoms with E-state index in [1.807, 2.05) is 18.2 Å². The Morgan fingerprint density at radius 3 is 2.69 bits per heavy atom. The van der Waals surface area contributed by atoms with E-state index >= 15 is 0 Å². The van der Waals surface area contributed by atoms with Gasteiger partial charge in [0.1, 0.15) is 0 Å². The number of hydrogen-bond acceptors (Lipinski definition) is 2. The summed E-state index contributed by atoms with van der Waals surface area (Å²) in [5, 5.41) is 0. The van der Waals surface area contributed by atoms with E-state index in [-0.39, 0.29) is 12.4 Å². The molecule has 0 amide bonds. The summed E-state index contributed by atoms with van der Waals surface area (Å²) < 4.78 is 0. The van der Waals surface area contributed by atoms with E-state index in [2.05, 4.69) is 23.6 Å². The average molecular weight is 239 g/mol. The van der Waals surface area contributed by atoms with E-state index in [4.69, 9.17) is 5.73 Å². The van der Waals surface area contributed by atoms with Crippen molar-refractivity contribution in [3.8, 4) is 0 Å². The van der Waals surface area contributed by atoms with Crippen molar-refractivity contribution in [2.75, 3.05) is 25.4 Å². The number of halogens is 1. The Labute approximate surface area is 104 Å². The zero-order chi connectivity index (χ0) is 10.7. The Morgan fingerprint density at radius 2 is 2.06 bits per heavy atom. The largest absolute Gasteiger partial charge is 0.399 e. The van der Waals surface area contributed by atoms with Gasteiger partial charge in [-0.1, -0.05) is 18.2 Å². The highest BCUT2D eigenvalue weighted by Gasteiger charge is 2.22. The molecule has 88 valence electrons. The molecule has 16 heavy (non-hydrogen) atoms. The van der Waals surface area contributed by atoms with Crippen LogP contribution in [0.5, 0.6) is 0 Å². The monoisotopic (exact) mass is 238 g/mol. The summed E-state index contributed by atoms with van der Waals surface area (Å²) in [6.07, 6.45) is 3.23. The van der Waals surface area contributed by atoms with Gasteiger partial charge in [-0.05, 0) is 36.6 Å². The van der Waals surface area contributed by atoms with Crippen LogP contribution in [0.25, 0.3) is 0 Å². The summed E-state index contributed by atoms with van der Waals surface area (Å²) in [6, 6.07) is 8.28. The van der Waals surface area contributed by atoms with E-state index in [0.29, 0.717) is 5.92 Å². The molecule has 1 fully saturated rings. The zero-order valence-electron chi connectivity index (χ0n) is 9.43. The number of nitrogen functional groups attached to an aromatic ring is 1. The zero-order valence-corrected chi connectivity index (χ0v) is 10.2. The van der Waals surface area contributed by atoms with Crippen LogP contribution in [0.2, 0.25) is 0 Å². The minimum atomic E-state index is 0. The van der Waals surface area contributed by atoms with E-state index in [1.165, 1.54) is 18.5 Å². The van der Waals surface area contributed by atoms with Crippen molar-refractivity contribution in [1.29, 1.82) is 0 Å². The molecule has 0 bridgehead atoms. The molecule has 0 radical (unpaired) electrons. The van der Waals surface area contributed by atoms with Crippen LogP contribution in [-0.4, -0.2) is 24.5 Å². The molecule has 2 rings (SSSR count). The topological polar surface area (TPSA) is 29.3 Å². The van der Waals surface area contributed by atoms with E-state index < -0.39 is 0 Å². The van der Waals surface area contributed by atoms with Gasteiger partial charge in [0.2, 0.25) is 0 Å². The first-order chi connectivity index (χ1) is 7.29. The number of hydrogen-bond donors (Lipinski definition) is 1. The number of anilines is 1. The fraction of sp³-hybridized carbons (Fsp3) is 0.385. The molecule has 1 saturated heterocycles. The SMILES string of the molecule is C=CCN1CC[C@@H](c2ccc(N)cc2)C1.Cl. The lowest BCUT2D eigenvalue weighted by molar-refractivity contribution is 0.372. The molecule has 3 heteroatoms. The molecule has 0 unspecified atom stereocenters. The molecular formula is C13H19ClN2. The van der Waals surface area contributed by atoms with Crippen LogP contribution in [0.3, 0.4) is 0 Å². The third-order valence-electron chi connectivity index (χ3n) is 3.07. The predicted octanol–water partition coefficient (Wildman–Crippen LogP) is 2.67. The first kappa shape index (κ1) is 13.1. The highest BCUT2D eigenvalue weighted by atomic mass is 35.5. The van der Waals surface area contributed by atoms with Crippen molar-refractivity contribution in [1.82, 2.24) is 4.90 Å². The molecule has 0 aromatic heterocycles. The number of nitrogens with two attached hydrogens (primary N) is 1. The van der Waals surface area contributed by atoms with Gasteiger partial charge >= 0.3 is 0 Å². The molecule has 0 aliphatic carbocycles. The Bertz CT molecular complexity index is 334. The number of rotatable bonds is 3. The third kappa shape index (κ3) is 3.00. The molecule has 1 atom stereocenters. The van der Waals surface area contributed by atoms with Crippen molar-refractivity contribution in [3.63, 3.8) is 0 Å². The molecular weight excluding hydrogens is 220 g/mol. The van der Waals surface area contributed by atoms with Gasteiger partial charge in [-0.15, -0.1) is 19.0 Å². The van der Waals surface area contributed by atoms with Gasteiger partial charge < -0.3 is 5.73 Å². The first-order valence-electron chi connectivity index (χ1n) is 5.48. The summed E-state index contributed by atoms with van der Waals surface area (Å²) in [4.78, 5) is 2.44. The normalized spacial score (nSPS) is 20.4. The van der Waals surface area contributed by atoms with Crippen molar-refractivity contribution < 1.29 is 0 Å². The summed E-state index contributed by atoms with van der Waals surface area (Å²) >= 11 is 0. The Hall–Kier alpha value is -0.990. The van der Waals surface area contributed by atoms with Gasteiger partial charge in [0, 0.05) is 18.8 Å². The van der Waals surface area contributed by atoms with Crippen LogP contribution in [0, 0.1) is 0 Å². The van der Waals surface area contributed by atoms with Crippen molar-refractivity contribution >= 4 is 18.1 Å². The number of nitrogens with zero attached hydrogens (tertiary/aromatic N) is 1. The van der Waals surface area contributed by atoms with Gasteiger partial charge in [0.15, 0.2) is 0 Å². The first-order valence-corrected chi connectivity index (χ1v) is 5.48. The lowest BCUT2D eigenvalue weighted by Crippen LogP contribution is -2.19. The third-order valence-corrected chi connectivity index (χ3v) is 3.07. The van der Waals surface area contributed by atoms with Crippen LogP contribution in [0.4, 0.5) is 5.69 Å². The van der Waals surface area contributed by atoms with Gasteiger partial charge in [0.05, 0.1) is 0 Å². The van der Waals surface area contributed by atoms with E-state index in [0.717, 1.165) is 18.8 Å². The standard InChI is InChI=1S/C13H18N2.ClH/c1-2-8-15-9-7-12(10-15)11-3-5-13(14)6-4-11;/h2-6,12H,1,7-10,14H2;1H/t12-;/m1./s1. The fourth-order valence-corrected chi connectivity index (χ4v) is 2.22. The summed E-state index contributed by atoms with van der Waals surface area (Å²) in [5.41, 5.74) is 7.94. The van der Waals surface area contributed by atoms with Gasteiger partial charge in [-0.2, -0.15) is 0 Å². The maximum absolute atomic E-state index is 5.68. The van der Waals surface area contributed by atoms with Crippen LogP contribution in [0.1, 0.15) is 17.9 Å². The molecule has 0 saturated carbocycles. The van der Waals surface area contributed by atoms with Crippen LogP contribution in [-0.2, 0) is 0 Å². The molecule has 2 N–H and O–H groups in total. The van der Waals surface area contributed by atoms with Crippen LogP contribution >= 0.6 is 12.4 Å². The maximum atomic E-state index is 5.68. The Kier molecular flexibility index (Phi) is 4.84. The predicted molar refractivity (Wildman–Crippen MR) is 72.1 cm³/mol. The van der Waals surface area contributed by atoms with Crippen molar-refractivity contribution in [2.24, 2.45) is 0 Å². The second-order valence-electron chi connectivity index (χ2n) is 4.20.